The third kappa shape index (κ3) is 4.63. The van der Waals surface area contributed by atoms with Crippen LogP contribution in [0.25, 0.3) is 0 Å². The lowest BCUT2D eigenvalue weighted by Crippen LogP contribution is -2.27. The Balaban J connectivity index is 1.96. The van der Waals surface area contributed by atoms with E-state index in [0.29, 0.717) is 23.7 Å². The van der Waals surface area contributed by atoms with E-state index in [0.717, 1.165) is 19.8 Å². The first kappa shape index (κ1) is 21.7. The van der Waals surface area contributed by atoms with Gasteiger partial charge >= 0.3 is 0 Å². The Kier molecular flexibility index (Phi) is 6.61. The molecule has 0 saturated carbocycles. The van der Waals surface area contributed by atoms with Crippen molar-refractivity contribution in [3.63, 3.8) is 0 Å². The second-order valence-electron chi connectivity index (χ2n) is 9.93. The summed E-state index contributed by atoms with van der Waals surface area (Å²) in [6, 6.07) is 14.1. The molecule has 1 aliphatic rings. The molecule has 0 N–H and O–H groups in total. The number of hydrogen-bond donors (Lipinski definition) is 0. The molecule has 0 amide bonds. The van der Waals surface area contributed by atoms with Gasteiger partial charge in [-0.2, -0.15) is 0 Å². The minimum Gasteiger partial charge on any atom is -0.352 e. The van der Waals surface area contributed by atoms with Gasteiger partial charge in [0.25, 0.3) is 0 Å². The van der Waals surface area contributed by atoms with Gasteiger partial charge in [0, 0.05) is 24.5 Å². The summed E-state index contributed by atoms with van der Waals surface area (Å²) in [5, 5.41) is 0. The quantitative estimate of drug-likeness (QED) is 0.503. The minimum atomic E-state index is 0.537. The maximum atomic E-state index is 2.61. The Labute approximate surface area is 178 Å². The molecule has 2 aromatic rings. The van der Waals surface area contributed by atoms with Crippen molar-refractivity contribution in [3.8, 4) is 0 Å². The largest absolute Gasteiger partial charge is 0.352 e. The number of para-hydroxylation sites is 1. The van der Waals surface area contributed by atoms with E-state index in [1.807, 2.05) is 0 Å². The molecule has 0 atom stereocenters. The highest BCUT2D eigenvalue weighted by atomic mass is 15.4. The monoisotopic (exact) mass is 392 g/mol. The van der Waals surface area contributed by atoms with E-state index in [1.165, 1.54) is 33.6 Å². The fourth-order valence-electron chi connectivity index (χ4n) is 4.37. The molecule has 2 nitrogen and oxygen atoms in total. The van der Waals surface area contributed by atoms with Crippen molar-refractivity contribution in [1.29, 1.82) is 0 Å². The maximum Gasteiger partial charge on any atom is 0.0904 e. The lowest BCUT2D eigenvalue weighted by atomic mass is 9.92. The van der Waals surface area contributed by atoms with Crippen LogP contribution in [0.3, 0.4) is 0 Å². The minimum absolute atomic E-state index is 0.537. The van der Waals surface area contributed by atoms with E-state index in [-0.39, 0.29) is 0 Å². The van der Waals surface area contributed by atoms with Gasteiger partial charge in [-0.15, -0.1) is 0 Å². The Hall–Kier alpha value is -1.96. The second-order valence-corrected chi connectivity index (χ2v) is 9.93. The normalized spacial score (nSPS) is 14.9. The average molecular weight is 393 g/mol. The molecule has 1 fully saturated rings. The fourth-order valence-corrected chi connectivity index (χ4v) is 4.37. The summed E-state index contributed by atoms with van der Waals surface area (Å²) in [5.74, 6) is 2.19. The molecule has 3 rings (SSSR count). The van der Waals surface area contributed by atoms with Crippen LogP contribution in [0.15, 0.2) is 36.4 Å². The Morgan fingerprint density at radius 1 is 0.621 bits per heavy atom. The molecule has 2 aromatic carbocycles. The van der Waals surface area contributed by atoms with Crippen molar-refractivity contribution in [2.75, 3.05) is 29.6 Å². The van der Waals surface area contributed by atoms with E-state index in [4.69, 9.17) is 0 Å². The van der Waals surface area contributed by atoms with E-state index >= 15 is 0 Å². The van der Waals surface area contributed by atoms with E-state index in [1.54, 1.807) is 0 Å². The van der Waals surface area contributed by atoms with Crippen LogP contribution >= 0.6 is 0 Å². The van der Waals surface area contributed by atoms with Crippen LogP contribution in [0.2, 0.25) is 0 Å². The molecule has 158 valence electrons. The number of benzene rings is 2. The highest BCUT2D eigenvalue weighted by Crippen LogP contribution is 2.37. The summed E-state index contributed by atoms with van der Waals surface area (Å²) in [6.45, 7) is 21.6. The first-order chi connectivity index (χ1) is 13.7. The summed E-state index contributed by atoms with van der Waals surface area (Å²) >= 11 is 0. The summed E-state index contributed by atoms with van der Waals surface area (Å²) in [4.78, 5) is 5.18. The van der Waals surface area contributed by atoms with Crippen LogP contribution in [-0.4, -0.2) is 19.8 Å². The zero-order chi connectivity index (χ0) is 21.3. The van der Waals surface area contributed by atoms with E-state index < -0.39 is 0 Å². The van der Waals surface area contributed by atoms with Crippen molar-refractivity contribution >= 4 is 11.4 Å². The van der Waals surface area contributed by atoms with Gasteiger partial charge in [-0.1, -0.05) is 79.7 Å². The van der Waals surface area contributed by atoms with Crippen LogP contribution in [0, 0.1) is 0 Å². The van der Waals surface area contributed by atoms with E-state index in [9.17, 15) is 0 Å². The molecule has 0 spiro atoms. The molecular weight excluding hydrogens is 352 g/mol. The summed E-state index contributed by atoms with van der Waals surface area (Å²) < 4.78 is 0. The van der Waals surface area contributed by atoms with Gasteiger partial charge in [0.15, 0.2) is 0 Å². The van der Waals surface area contributed by atoms with Crippen LogP contribution in [0.5, 0.6) is 0 Å². The first-order valence-corrected chi connectivity index (χ1v) is 11.5. The molecule has 0 unspecified atom stereocenters. The van der Waals surface area contributed by atoms with Gasteiger partial charge in [0.05, 0.1) is 6.67 Å². The smallest absolute Gasteiger partial charge is 0.0904 e. The lowest BCUT2D eigenvalue weighted by molar-refractivity contribution is 0.807. The maximum absolute atomic E-state index is 2.61. The van der Waals surface area contributed by atoms with Gasteiger partial charge < -0.3 is 9.80 Å². The first-order valence-electron chi connectivity index (χ1n) is 11.5. The lowest BCUT2D eigenvalue weighted by Gasteiger charge is -2.29. The molecule has 1 aliphatic heterocycles. The summed E-state index contributed by atoms with van der Waals surface area (Å²) in [5.41, 5.74) is 8.73. The second kappa shape index (κ2) is 8.81. The molecule has 0 bridgehead atoms. The Morgan fingerprint density at radius 3 is 1.55 bits per heavy atom. The third-order valence-electron chi connectivity index (χ3n) is 6.30. The van der Waals surface area contributed by atoms with Gasteiger partial charge in [-0.3, -0.25) is 0 Å². The van der Waals surface area contributed by atoms with Gasteiger partial charge in [-0.25, -0.2) is 0 Å². The standard InChI is InChI=1S/C27H40N2/c1-18(2)22-14-23(19(3)4)16-24(15-22)28-12-13-29(17-28)27-25(20(5)6)10-9-11-26(27)21(7)8/h9-11,14-16,18-21H,12-13,17H2,1-8H3. The van der Waals surface area contributed by atoms with Crippen LogP contribution < -0.4 is 9.80 Å². The van der Waals surface area contributed by atoms with Crippen LogP contribution in [-0.2, 0) is 0 Å². The number of rotatable bonds is 6. The molecule has 29 heavy (non-hydrogen) atoms. The molecule has 1 saturated heterocycles. The molecule has 0 radical (unpaired) electrons. The van der Waals surface area contributed by atoms with Crippen molar-refractivity contribution < 1.29 is 0 Å². The fraction of sp³-hybridized carbons (Fsp3) is 0.556. The number of anilines is 2. The van der Waals surface area contributed by atoms with Crippen LogP contribution in [0.4, 0.5) is 11.4 Å². The summed E-state index contributed by atoms with van der Waals surface area (Å²) in [6.07, 6.45) is 0. The van der Waals surface area contributed by atoms with Crippen molar-refractivity contribution in [3.05, 3.63) is 58.7 Å². The van der Waals surface area contributed by atoms with Crippen LogP contribution in [0.1, 0.15) is 101 Å². The zero-order valence-corrected chi connectivity index (χ0v) is 19.8. The van der Waals surface area contributed by atoms with Crippen molar-refractivity contribution in [2.45, 2.75) is 79.1 Å². The zero-order valence-electron chi connectivity index (χ0n) is 19.8. The Bertz CT molecular complexity index is 780. The number of hydrogen-bond acceptors (Lipinski definition) is 2. The third-order valence-corrected chi connectivity index (χ3v) is 6.30. The SMILES string of the molecule is CC(C)c1cc(C(C)C)cc(N2CCN(c3c(C(C)C)cccc3C(C)C)C2)c1. The van der Waals surface area contributed by atoms with Gasteiger partial charge in [0.2, 0.25) is 0 Å². The van der Waals surface area contributed by atoms with E-state index in [2.05, 4.69) is 102 Å². The van der Waals surface area contributed by atoms with Crippen molar-refractivity contribution in [2.24, 2.45) is 0 Å². The Morgan fingerprint density at radius 2 is 1.10 bits per heavy atom. The summed E-state index contributed by atoms with van der Waals surface area (Å²) in [7, 11) is 0. The molecule has 0 aliphatic carbocycles. The van der Waals surface area contributed by atoms with Crippen molar-refractivity contribution in [1.82, 2.24) is 0 Å². The molecule has 2 heteroatoms. The number of nitrogens with zero attached hydrogens (tertiary/aromatic N) is 2. The van der Waals surface area contributed by atoms with Gasteiger partial charge in [-0.05, 0) is 58.1 Å². The van der Waals surface area contributed by atoms with Gasteiger partial charge in [0.1, 0.15) is 0 Å². The average Bonchev–Trinajstić information content (AvgIpc) is 3.16. The predicted molar refractivity (Wildman–Crippen MR) is 129 cm³/mol. The topological polar surface area (TPSA) is 6.48 Å². The highest BCUT2D eigenvalue weighted by molar-refractivity contribution is 5.65. The highest BCUT2D eigenvalue weighted by Gasteiger charge is 2.26. The molecule has 1 heterocycles. The molecule has 0 aromatic heterocycles. The molecular formula is C27H40N2. The predicted octanol–water partition coefficient (Wildman–Crippen LogP) is 7.46.